The molecule has 0 aromatic carbocycles. The smallest absolute Gasteiger partial charge is 0.240 e. The summed E-state index contributed by atoms with van der Waals surface area (Å²) in [6, 6.07) is 0. The standard InChI is InChI=1S/C9H13N3O/c10-8-5-11-6-12-9(8)13-4-3-7-1-2-7/h5-7H,1-4,10H2. The second-order valence-corrected chi connectivity index (χ2v) is 3.36. The summed E-state index contributed by atoms with van der Waals surface area (Å²) in [5, 5.41) is 0. The number of hydrogen-bond donors (Lipinski definition) is 1. The van der Waals surface area contributed by atoms with Gasteiger partial charge in [0.05, 0.1) is 12.8 Å². The second kappa shape index (κ2) is 3.60. The fraction of sp³-hybridized carbons (Fsp3) is 0.556. The summed E-state index contributed by atoms with van der Waals surface area (Å²) in [6.07, 6.45) is 6.82. The van der Waals surface area contributed by atoms with Gasteiger partial charge in [-0.25, -0.2) is 9.97 Å². The van der Waals surface area contributed by atoms with E-state index in [1.54, 1.807) is 6.20 Å². The van der Waals surface area contributed by atoms with Crippen molar-refractivity contribution in [3.8, 4) is 5.88 Å². The van der Waals surface area contributed by atoms with Crippen molar-refractivity contribution in [3.05, 3.63) is 12.5 Å². The summed E-state index contributed by atoms with van der Waals surface area (Å²) in [4.78, 5) is 7.72. The lowest BCUT2D eigenvalue weighted by atomic mass is 10.3. The van der Waals surface area contributed by atoms with Gasteiger partial charge in [-0.1, -0.05) is 12.8 Å². The van der Waals surface area contributed by atoms with Crippen LogP contribution >= 0.6 is 0 Å². The Morgan fingerprint density at radius 1 is 1.54 bits per heavy atom. The number of rotatable bonds is 4. The monoisotopic (exact) mass is 179 g/mol. The summed E-state index contributed by atoms with van der Waals surface area (Å²) in [7, 11) is 0. The van der Waals surface area contributed by atoms with Crippen molar-refractivity contribution in [1.29, 1.82) is 0 Å². The third-order valence-electron chi connectivity index (χ3n) is 2.16. The summed E-state index contributed by atoms with van der Waals surface area (Å²) < 4.78 is 5.41. The molecule has 0 spiro atoms. The normalized spacial score (nSPS) is 15.7. The van der Waals surface area contributed by atoms with Crippen LogP contribution in [0.5, 0.6) is 5.88 Å². The van der Waals surface area contributed by atoms with Gasteiger partial charge >= 0.3 is 0 Å². The number of anilines is 1. The van der Waals surface area contributed by atoms with Crippen LogP contribution in [0, 0.1) is 5.92 Å². The van der Waals surface area contributed by atoms with Crippen LogP contribution in [0.2, 0.25) is 0 Å². The molecular formula is C9H13N3O. The highest BCUT2D eigenvalue weighted by molar-refractivity contribution is 5.44. The Morgan fingerprint density at radius 3 is 3.08 bits per heavy atom. The van der Waals surface area contributed by atoms with Gasteiger partial charge in [0.15, 0.2) is 0 Å². The van der Waals surface area contributed by atoms with Crippen LogP contribution in [0.15, 0.2) is 12.5 Å². The second-order valence-electron chi connectivity index (χ2n) is 3.36. The molecular weight excluding hydrogens is 166 g/mol. The van der Waals surface area contributed by atoms with Gasteiger partial charge in [0.1, 0.15) is 12.0 Å². The van der Waals surface area contributed by atoms with Crippen molar-refractivity contribution in [2.75, 3.05) is 12.3 Å². The Bertz CT molecular complexity index is 286. The van der Waals surface area contributed by atoms with Crippen LogP contribution in [0.1, 0.15) is 19.3 Å². The molecule has 0 bridgehead atoms. The molecule has 0 atom stereocenters. The number of nitrogen functional groups attached to an aromatic ring is 1. The molecule has 1 aliphatic rings. The predicted molar refractivity (Wildman–Crippen MR) is 49.3 cm³/mol. The SMILES string of the molecule is Nc1cncnc1OCCC1CC1. The zero-order valence-electron chi connectivity index (χ0n) is 7.44. The topological polar surface area (TPSA) is 61.0 Å². The third kappa shape index (κ3) is 2.31. The van der Waals surface area contributed by atoms with E-state index in [2.05, 4.69) is 9.97 Å². The Morgan fingerprint density at radius 2 is 2.38 bits per heavy atom. The molecule has 1 aromatic heterocycles. The molecule has 1 saturated carbocycles. The van der Waals surface area contributed by atoms with Crippen molar-refractivity contribution in [2.24, 2.45) is 5.92 Å². The molecule has 1 aromatic rings. The summed E-state index contributed by atoms with van der Waals surface area (Å²) in [6.45, 7) is 0.714. The minimum Gasteiger partial charge on any atom is -0.476 e. The molecule has 1 fully saturated rings. The first kappa shape index (κ1) is 8.29. The lowest BCUT2D eigenvalue weighted by Gasteiger charge is -2.05. The van der Waals surface area contributed by atoms with Gasteiger partial charge in [-0.15, -0.1) is 0 Å². The number of nitrogens with two attached hydrogens (primary N) is 1. The van der Waals surface area contributed by atoms with Gasteiger partial charge in [-0.2, -0.15) is 0 Å². The van der Waals surface area contributed by atoms with E-state index < -0.39 is 0 Å². The van der Waals surface area contributed by atoms with Gasteiger partial charge in [0.2, 0.25) is 5.88 Å². The van der Waals surface area contributed by atoms with Crippen molar-refractivity contribution in [2.45, 2.75) is 19.3 Å². The number of ether oxygens (including phenoxy) is 1. The predicted octanol–water partition coefficient (Wildman–Crippen LogP) is 1.24. The molecule has 2 rings (SSSR count). The molecule has 4 nitrogen and oxygen atoms in total. The van der Waals surface area contributed by atoms with Gasteiger partial charge in [-0.05, 0) is 12.3 Å². The minimum atomic E-state index is 0.510. The van der Waals surface area contributed by atoms with E-state index >= 15 is 0 Å². The average Bonchev–Trinajstić information content (AvgIpc) is 2.92. The highest BCUT2D eigenvalue weighted by Gasteiger charge is 2.20. The Balaban J connectivity index is 1.82. The first-order chi connectivity index (χ1) is 6.36. The quantitative estimate of drug-likeness (QED) is 0.755. The molecule has 0 aliphatic heterocycles. The van der Waals surface area contributed by atoms with Gasteiger partial charge in [0.25, 0.3) is 0 Å². The maximum absolute atomic E-state index is 5.60. The van der Waals surface area contributed by atoms with E-state index in [-0.39, 0.29) is 0 Å². The molecule has 1 heterocycles. The van der Waals surface area contributed by atoms with E-state index in [4.69, 9.17) is 10.5 Å². The van der Waals surface area contributed by atoms with Crippen LogP contribution in [-0.2, 0) is 0 Å². The summed E-state index contributed by atoms with van der Waals surface area (Å²) >= 11 is 0. The summed E-state index contributed by atoms with van der Waals surface area (Å²) in [5.74, 6) is 1.39. The molecule has 1 aliphatic carbocycles. The number of hydrogen-bond acceptors (Lipinski definition) is 4. The minimum absolute atomic E-state index is 0.510. The van der Waals surface area contributed by atoms with Crippen LogP contribution < -0.4 is 10.5 Å². The molecule has 13 heavy (non-hydrogen) atoms. The molecule has 0 saturated heterocycles. The molecule has 0 amide bonds. The first-order valence-corrected chi connectivity index (χ1v) is 4.54. The van der Waals surface area contributed by atoms with Crippen LogP contribution in [0.4, 0.5) is 5.69 Å². The van der Waals surface area contributed by atoms with E-state index in [1.165, 1.54) is 19.2 Å². The van der Waals surface area contributed by atoms with Crippen molar-refractivity contribution in [1.82, 2.24) is 9.97 Å². The van der Waals surface area contributed by atoms with Crippen molar-refractivity contribution >= 4 is 5.69 Å². The number of nitrogens with zero attached hydrogens (tertiary/aromatic N) is 2. The van der Waals surface area contributed by atoms with Gasteiger partial charge < -0.3 is 10.5 Å². The highest BCUT2D eigenvalue weighted by Crippen LogP contribution is 2.32. The van der Waals surface area contributed by atoms with E-state index in [0.717, 1.165) is 12.3 Å². The zero-order chi connectivity index (χ0) is 9.10. The summed E-state index contributed by atoms with van der Waals surface area (Å²) in [5.41, 5.74) is 6.12. The molecule has 4 heteroatoms. The van der Waals surface area contributed by atoms with Crippen molar-refractivity contribution in [3.63, 3.8) is 0 Å². The van der Waals surface area contributed by atoms with Gasteiger partial charge in [0, 0.05) is 0 Å². The van der Waals surface area contributed by atoms with Crippen LogP contribution in [0.3, 0.4) is 0 Å². The Labute approximate surface area is 77.1 Å². The maximum Gasteiger partial charge on any atom is 0.240 e. The highest BCUT2D eigenvalue weighted by atomic mass is 16.5. The van der Waals surface area contributed by atoms with Crippen LogP contribution in [-0.4, -0.2) is 16.6 Å². The molecule has 2 N–H and O–H groups in total. The van der Waals surface area contributed by atoms with Gasteiger partial charge in [-0.3, -0.25) is 0 Å². The number of aromatic nitrogens is 2. The fourth-order valence-electron chi connectivity index (χ4n) is 1.18. The van der Waals surface area contributed by atoms with E-state index in [1.807, 2.05) is 0 Å². The fourth-order valence-corrected chi connectivity index (χ4v) is 1.18. The van der Waals surface area contributed by atoms with Crippen molar-refractivity contribution < 1.29 is 4.74 Å². The Hall–Kier alpha value is -1.32. The Kier molecular flexibility index (Phi) is 2.29. The third-order valence-corrected chi connectivity index (χ3v) is 2.16. The average molecular weight is 179 g/mol. The van der Waals surface area contributed by atoms with E-state index in [0.29, 0.717) is 18.2 Å². The first-order valence-electron chi connectivity index (χ1n) is 4.54. The molecule has 0 unspecified atom stereocenters. The lowest BCUT2D eigenvalue weighted by Crippen LogP contribution is -2.03. The largest absolute Gasteiger partial charge is 0.476 e. The zero-order valence-corrected chi connectivity index (χ0v) is 7.44. The molecule has 0 radical (unpaired) electrons. The van der Waals surface area contributed by atoms with E-state index in [9.17, 15) is 0 Å². The van der Waals surface area contributed by atoms with Crippen LogP contribution in [0.25, 0.3) is 0 Å². The molecule has 70 valence electrons. The lowest BCUT2D eigenvalue weighted by molar-refractivity contribution is 0.292. The maximum atomic E-state index is 5.60.